The van der Waals surface area contributed by atoms with Gasteiger partial charge < -0.3 is 21.1 Å². The van der Waals surface area contributed by atoms with Crippen molar-refractivity contribution < 1.29 is 18.7 Å². The molecule has 0 aromatic heterocycles. The maximum Gasteiger partial charge on any atom is 0.240 e. The quantitative estimate of drug-likeness (QED) is 0.714. The average Bonchev–Trinajstić information content (AvgIpc) is 2.59. The summed E-state index contributed by atoms with van der Waals surface area (Å²) in [5.74, 6) is -1.07. The van der Waals surface area contributed by atoms with Crippen molar-refractivity contribution in [3.8, 4) is 0 Å². The van der Waals surface area contributed by atoms with E-state index >= 15 is 0 Å². The second-order valence-corrected chi connectivity index (χ2v) is 6.74. The summed E-state index contributed by atoms with van der Waals surface area (Å²) in [4.78, 5) is 24.3. The number of amides is 2. The lowest BCUT2D eigenvalue weighted by Crippen LogP contribution is -2.53. The van der Waals surface area contributed by atoms with Gasteiger partial charge >= 0.3 is 0 Å². The number of carbonyl (C=O) groups is 2. The first kappa shape index (κ1) is 19.3. The first-order valence-corrected chi connectivity index (χ1v) is 8.52. The van der Waals surface area contributed by atoms with Crippen LogP contribution in [0.3, 0.4) is 0 Å². The summed E-state index contributed by atoms with van der Waals surface area (Å²) in [6.07, 6.45) is 1.09. The molecule has 2 amide bonds. The Bertz CT molecular complexity index is 615. The number of nitrogens with one attached hydrogen (secondary N) is 2. The van der Waals surface area contributed by atoms with Gasteiger partial charge in [0, 0.05) is 13.2 Å². The molecule has 1 saturated heterocycles. The number of carbonyl (C=O) groups excluding carboxylic acids is 2. The van der Waals surface area contributed by atoms with E-state index in [1.165, 1.54) is 12.1 Å². The van der Waals surface area contributed by atoms with Gasteiger partial charge in [0.1, 0.15) is 5.82 Å². The van der Waals surface area contributed by atoms with Crippen molar-refractivity contribution >= 4 is 11.8 Å². The minimum Gasteiger partial charge on any atom is -0.381 e. The fourth-order valence-electron chi connectivity index (χ4n) is 2.89. The zero-order valence-corrected chi connectivity index (χ0v) is 14.7. The molecule has 1 heterocycles. The Morgan fingerprint density at radius 1 is 1.32 bits per heavy atom. The van der Waals surface area contributed by atoms with Gasteiger partial charge in [0.25, 0.3) is 0 Å². The Morgan fingerprint density at radius 3 is 2.60 bits per heavy atom. The molecular weight excluding hydrogens is 325 g/mol. The molecule has 2 rings (SSSR count). The lowest BCUT2D eigenvalue weighted by molar-refractivity contribution is -0.129. The summed E-state index contributed by atoms with van der Waals surface area (Å²) in [5.41, 5.74) is 5.77. The second kappa shape index (κ2) is 8.40. The van der Waals surface area contributed by atoms with Gasteiger partial charge in [0.2, 0.25) is 11.8 Å². The molecule has 1 atom stereocenters. The first-order chi connectivity index (χ1) is 11.8. The number of hydrogen-bond acceptors (Lipinski definition) is 4. The Balaban J connectivity index is 2.05. The third-order valence-electron chi connectivity index (χ3n) is 4.55. The highest BCUT2D eigenvalue weighted by molar-refractivity contribution is 5.87. The zero-order valence-electron chi connectivity index (χ0n) is 14.7. The third kappa shape index (κ3) is 4.99. The molecule has 0 radical (unpaired) electrons. The summed E-state index contributed by atoms with van der Waals surface area (Å²) in [6, 6.07) is 5.55. The molecule has 1 aliphatic rings. The van der Waals surface area contributed by atoms with E-state index in [0.29, 0.717) is 31.6 Å². The summed E-state index contributed by atoms with van der Waals surface area (Å²) >= 11 is 0. The van der Waals surface area contributed by atoms with Gasteiger partial charge in [-0.05, 0) is 36.5 Å². The van der Waals surface area contributed by atoms with Crippen LogP contribution in [0.5, 0.6) is 0 Å². The topological polar surface area (TPSA) is 93.5 Å². The number of rotatable bonds is 6. The Kier molecular flexibility index (Phi) is 6.50. The van der Waals surface area contributed by atoms with E-state index < -0.39 is 11.6 Å². The molecule has 138 valence electrons. The van der Waals surface area contributed by atoms with Crippen LogP contribution in [0.15, 0.2) is 24.3 Å². The van der Waals surface area contributed by atoms with Crippen molar-refractivity contribution in [3.63, 3.8) is 0 Å². The van der Waals surface area contributed by atoms with Crippen LogP contribution in [0.2, 0.25) is 0 Å². The van der Waals surface area contributed by atoms with E-state index in [2.05, 4.69) is 10.6 Å². The van der Waals surface area contributed by atoms with Crippen LogP contribution in [-0.4, -0.2) is 37.6 Å². The summed E-state index contributed by atoms with van der Waals surface area (Å²) in [7, 11) is 0. The van der Waals surface area contributed by atoms with Crippen LogP contribution < -0.4 is 16.4 Å². The molecule has 0 bridgehead atoms. The van der Waals surface area contributed by atoms with E-state index in [1.54, 1.807) is 12.1 Å². The Labute approximate surface area is 147 Å². The third-order valence-corrected chi connectivity index (χ3v) is 4.55. The molecule has 1 aromatic rings. The molecule has 0 aliphatic carbocycles. The van der Waals surface area contributed by atoms with Gasteiger partial charge in [-0.25, -0.2) is 4.39 Å². The molecule has 7 heteroatoms. The van der Waals surface area contributed by atoms with Gasteiger partial charge in [-0.2, -0.15) is 0 Å². The normalized spacial score (nSPS) is 17.8. The maximum absolute atomic E-state index is 13.6. The molecule has 0 saturated carbocycles. The van der Waals surface area contributed by atoms with Crippen molar-refractivity contribution in [2.24, 2.45) is 11.7 Å². The summed E-state index contributed by atoms with van der Waals surface area (Å²) < 4.78 is 19.0. The van der Waals surface area contributed by atoms with Crippen LogP contribution in [0, 0.1) is 11.7 Å². The van der Waals surface area contributed by atoms with Crippen LogP contribution in [0.4, 0.5) is 4.39 Å². The molecule has 25 heavy (non-hydrogen) atoms. The van der Waals surface area contributed by atoms with Crippen LogP contribution >= 0.6 is 0 Å². The number of nitrogens with two attached hydrogens (primary N) is 1. The Hall–Kier alpha value is -1.99. The highest BCUT2D eigenvalue weighted by atomic mass is 19.1. The van der Waals surface area contributed by atoms with Gasteiger partial charge in [0.05, 0.1) is 18.1 Å². The Morgan fingerprint density at radius 2 is 2.00 bits per heavy atom. The van der Waals surface area contributed by atoms with E-state index in [9.17, 15) is 14.0 Å². The van der Waals surface area contributed by atoms with Gasteiger partial charge in [-0.3, -0.25) is 9.59 Å². The zero-order chi connectivity index (χ0) is 18.4. The lowest BCUT2D eigenvalue weighted by atomic mass is 9.82. The standard InChI is InChI=1S/C18H26FN3O3/c1-12(2)16(20)17(24)21-11-15(23)22-18(6-8-25-9-7-18)13-4-3-5-14(19)10-13/h3-5,10,12,16H,6-9,11,20H2,1-2H3,(H,21,24)(H,22,23)/t16-/m0/s1. The van der Waals surface area contributed by atoms with Crippen molar-refractivity contribution in [2.75, 3.05) is 19.8 Å². The van der Waals surface area contributed by atoms with Gasteiger partial charge in [-0.15, -0.1) is 0 Å². The fraction of sp³-hybridized carbons (Fsp3) is 0.556. The van der Waals surface area contributed by atoms with Crippen LogP contribution in [0.1, 0.15) is 32.3 Å². The van der Waals surface area contributed by atoms with Crippen molar-refractivity contribution in [3.05, 3.63) is 35.6 Å². The molecule has 0 unspecified atom stereocenters. The minimum absolute atomic E-state index is 0.0165. The maximum atomic E-state index is 13.6. The van der Waals surface area contributed by atoms with E-state index in [4.69, 9.17) is 10.5 Å². The van der Waals surface area contributed by atoms with E-state index in [-0.39, 0.29) is 30.1 Å². The second-order valence-electron chi connectivity index (χ2n) is 6.74. The van der Waals surface area contributed by atoms with Gasteiger partial charge in [0.15, 0.2) is 0 Å². The van der Waals surface area contributed by atoms with Crippen molar-refractivity contribution in [1.82, 2.24) is 10.6 Å². The molecule has 1 fully saturated rings. The molecule has 1 aliphatic heterocycles. The molecule has 4 N–H and O–H groups in total. The molecule has 0 spiro atoms. The smallest absolute Gasteiger partial charge is 0.240 e. The predicted octanol–water partition coefficient (Wildman–Crippen LogP) is 1.05. The number of halogens is 1. The highest BCUT2D eigenvalue weighted by Crippen LogP contribution is 2.32. The van der Waals surface area contributed by atoms with E-state index in [1.807, 2.05) is 13.8 Å². The van der Waals surface area contributed by atoms with Gasteiger partial charge in [-0.1, -0.05) is 26.0 Å². The first-order valence-electron chi connectivity index (χ1n) is 8.52. The number of benzene rings is 1. The van der Waals surface area contributed by atoms with Crippen molar-refractivity contribution in [1.29, 1.82) is 0 Å². The molecule has 6 nitrogen and oxygen atoms in total. The highest BCUT2D eigenvalue weighted by Gasteiger charge is 2.36. The molecule has 1 aromatic carbocycles. The SMILES string of the molecule is CC(C)[C@H](N)C(=O)NCC(=O)NC1(c2cccc(F)c2)CCOCC1. The summed E-state index contributed by atoms with van der Waals surface area (Å²) in [5, 5.41) is 5.51. The molecular formula is C18H26FN3O3. The average molecular weight is 351 g/mol. The monoisotopic (exact) mass is 351 g/mol. The summed E-state index contributed by atoms with van der Waals surface area (Å²) in [6.45, 7) is 4.45. The van der Waals surface area contributed by atoms with Crippen LogP contribution in [-0.2, 0) is 19.9 Å². The fourth-order valence-corrected chi connectivity index (χ4v) is 2.89. The largest absolute Gasteiger partial charge is 0.381 e. The lowest BCUT2D eigenvalue weighted by Gasteiger charge is -2.38. The van der Waals surface area contributed by atoms with Crippen LogP contribution in [0.25, 0.3) is 0 Å². The number of ether oxygens (including phenoxy) is 1. The van der Waals surface area contributed by atoms with Crippen molar-refractivity contribution in [2.45, 2.75) is 38.3 Å². The minimum atomic E-state index is -0.692. The predicted molar refractivity (Wildman–Crippen MR) is 92.1 cm³/mol. The van der Waals surface area contributed by atoms with E-state index in [0.717, 1.165) is 0 Å². The number of hydrogen-bond donors (Lipinski definition) is 3.